The van der Waals surface area contributed by atoms with Gasteiger partial charge in [-0.25, -0.2) is 4.79 Å². The molecule has 120 valence electrons. The Balaban J connectivity index is 2.14. The first-order valence-electron chi connectivity index (χ1n) is 6.92. The number of hydrogen-bond acceptors (Lipinski definition) is 4. The van der Waals surface area contributed by atoms with Crippen molar-refractivity contribution in [2.45, 2.75) is 24.8 Å². The van der Waals surface area contributed by atoms with Gasteiger partial charge in [-0.05, 0) is 36.5 Å². The van der Waals surface area contributed by atoms with E-state index < -0.39 is 11.5 Å². The summed E-state index contributed by atoms with van der Waals surface area (Å²) in [6, 6.07) is 5.13. The Morgan fingerprint density at radius 3 is 2.68 bits per heavy atom. The minimum absolute atomic E-state index is 0.00891. The molecule has 1 aromatic rings. The number of rotatable bonds is 5. The third-order valence-corrected chi connectivity index (χ3v) is 5.11. The number of halogens is 1. The number of thioether (sulfide) groups is 1. The monoisotopic (exact) mass is 343 g/mol. The van der Waals surface area contributed by atoms with Crippen molar-refractivity contribution in [1.29, 1.82) is 0 Å². The van der Waals surface area contributed by atoms with Crippen LogP contribution in [-0.4, -0.2) is 41.1 Å². The van der Waals surface area contributed by atoms with Gasteiger partial charge < -0.3 is 15.2 Å². The third kappa shape index (κ3) is 3.67. The normalized spacial score (nSPS) is 16.8. The summed E-state index contributed by atoms with van der Waals surface area (Å²) in [6.45, 7) is 0. The summed E-state index contributed by atoms with van der Waals surface area (Å²) in [5.41, 5.74) is -0.605. The number of carbonyl (C=O) groups excluding carboxylic acids is 1. The second-order valence-electron chi connectivity index (χ2n) is 5.15. The predicted octanol–water partition coefficient (Wildman–Crippen LogP) is 2.36. The number of nitrogens with one attached hydrogen (secondary N) is 1. The van der Waals surface area contributed by atoms with E-state index in [0.717, 1.165) is 11.5 Å². The van der Waals surface area contributed by atoms with Crippen molar-refractivity contribution < 1.29 is 19.4 Å². The van der Waals surface area contributed by atoms with Crippen LogP contribution in [0.2, 0.25) is 5.02 Å². The molecular formula is C15H18ClNO4S. The fraction of sp³-hybridized carbons (Fsp3) is 0.467. The molecule has 1 amide bonds. The molecule has 1 aliphatic rings. The SMILES string of the molecule is COc1cccc(Cl)c1CC(=O)NC1(C(=O)O)CCSCC1. The molecule has 2 rings (SSSR count). The van der Waals surface area contributed by atoms with Gasteiger partial charge in [0.1, 0.15) is 11.3 Å². The summed E-state index contributed by atoms with van der Waals surface area (Å²) >= 11 is 7.81. The number of ether oxygens (including phenoxy) is 1. The number of aliphatic carboxylic acids is 1. The minimum Gasteiger partial charge on any atom is -0.496 e. The van der Waals surface area contributed by atoms with Crippen LogP contribution in [0.5, 0.6) is 5.75 Å². The number of carbonyl (C=O) groups is 2. The van der Waals surface area contributed by atoms with Crippen LogP contribution in [0.4, 0.5) is 0 Å². The van der Waals surface area contributed by atoms with Gasteiger partial charge in [0.25, 0.3) is 0 Å². The van der Waals surface area contributed by atoms with Gasteiger partial charge in [0.15, 0.2) is 0 Å². The smallest absolute Gasteiger partial charge is 0.329 e. The summed E-state index contributed by atoms with van der Waals surface area (Å²) < 4.78 is 5.21. The molecule has 0 spiro atoms. The maximum Gasteiger partial charge on any atom is 0.329 e. The number of carboxylic acids is 1. The van der Waals surface area contributed by atoms with Crippen molar-refractivity contribution in [2.24, 2.45) is 0 Å². The molecule has 2 N–H and O–H groups in total. The Bertz CT molecular complexity index is 573. The van der Waals surface area contributed by atoms with Crippen molar-refractivity contribution >= 4 is 35.2 Å². The van der Waals surface area contributed by atoms with E-state index in [1.807, 2.05) is 0 Å². The van der Waals surface area contributed by atoms with Crippen LogP contribution in [0.1, 0.15) is 18.4 Å². The van der Waals surface area contributed by atoms with Gasteiger partial charge in [-0.1, -0.05) is 17.7 Å². The van der Waals surface area contributed by atoms with Gasteiger partial charge in [-0.15, -0.1) is 0 Å². The van der Waals surface area contributed by atoms with Crippen molar-refractivity contribution in [3.8, 4) is 5.75 Å². The Kier molecular flexibility index (Phi) is 5.58. The van der Waals surface area contributed by atoms with Gasteiger partial charge in [-0.3, -0.25) is 4.79 Å². The Morgan fingerprint density at radius 2 is 2.09 bits per heavy atom. The van der Waals surface area contributed by atoms with E-state index in [9.17, 15) is 14.7 Å². The zero-order chi connectivity index (χ0) is 16.2. The molecule has 0 radical (unpaired) electrons. The van der Waals surface area contributed by atoms with Crippen LogP contribution in [0.25, 0.3) is 0 Å². The van der Waals surface area contributed by atoms with Crippen molar-refractivity contribution in [3.05, 3.63) is 28.8 Å². The van der Waals surface area contributed by atoms with Crippen LogP contribution >= 0.6 is 23.4 Å². The molecule has 7 heteroatoms. The van der Waals surface area contributed by atoms with Crippen LogP contribution in [0, 0.1) is 0 Å². The lowest BCUT2D eigenvalue weighted by atomic mass is 9.92. The van der Waals surface area contributed by atoms with Gasteiger partial charge in [0.05, 0.1) is 13.5 Å². The van der Waals surface area contributed by atoms with Crippen LogP contribution in [-0.2, 0) is 16.0 Å². The molecule has 1 aromatic carbocycles. The summed E-state index contributed by atoms with van der Waals surface area (Å²) in [6.07, 6.45) is 0.849. The van der Waals surface area contributed by atoms with Crippen LogP contribution in [0.3, 0.4) is 0 Å². The van der Waals surface area contributed by atoms with Crippen LogP contribution in [0.15, 0.2) is 18.2 Å². The minimum atomic E-state index is -1.17. The second kappa shape index (κ2) is 7.24. The highest BCUT2D eigenvalue weighted by molar-refractivity contribution is 7.99. The van der Waals surface area contributed by atoms with E-state index in [0.29, 0.717) is 29.2 Å². The third-order valence-electron chi connectivity index (χ3n) is 3.77. The molecule has 0 unspecified atom stereocenters. The van der Waals surface area contributed by atoms with E-state index >= 15 is 0 Å². The molecule has 1 heterocycles. The fourth-order valence-electron chi connectivity index (χ4n) is 2.49. The first kappa shape index (κ1) is 17.0. The molecule has 22 heavy (non-hydrogen) atoms. The average molecular weight is 344 g/mol. The summed E-state index contributed by atoms with van der Waals surface area (Å²) in [7, 11) is 1.50. The maximum atomic E-state index is 12.3. The van der Waals surface area contributed by atoms with E-state index in [4.69, 9.17) is 16.3 Å². The molecule has 0 saturated carbocycles. The summed E-state index contributed by atoms with van der Waals surface area (Å²) in [5.74, 6) is 0.628. The lowest BCUT2D eigenvalue weighted by Crippen LogP contribution is -2.56. The van der Waals surface area contributed by atoms with Gasteiger partial charge in [0.2, 0.25) is 5.91 Å². The molecule has 5 nitrogen and oxygen atoms in total. The van der Waals surface area contributed by atoms with E-state index in [1.165, 1.54) is 7.11 Å². The largest absolute Gasteiger partial charge is 0.496 e. The number of benzene rings is 1. The highest BCUT2D eigenvalue weighted by atomic mass is 35.5. The molecule has 0 atom stereocenters. The molecular weight excluding hydrogens is 326 g/mol. The van der Waals surface area contributed by atoms with Crippen molar-refractivity contribution in [1.82, 2.24) is 5.32 Å². The zero-order valence-electron chi connectivity index (χ0n) is 12.2. The zero-order valence-corrected chi connectivity index (χ0v) is 13.8. The summed E-state index contributed by atoms with van der Waals surface area (Å²) in [5, 5.41) is 12.6. The average Bonchev–Trinajstić information content (AvgIpc) is 2.50. The van der Waals surface area contributed by atoms with E-state index in [1.54, 1.807) is 30.0 Å². The lowest BCUT2D eigenvalue weighted by molar-refractivity contribution is -0.148. The van der Waals surface area contributed by atoms with Gasteiger partial charge in [-0.2, -0.15) is 11.8 Å². The predicted molar refractivity (Wildman–Crippen MR) is 86.8 cm³/mol. The van der Waals surface area contributed by atoms with Crippen molar-refractivity contribution in [2.75, 3.05) is 18.6 Å². The first-order valence-corrected chi connectivity index (χ1v) is 8.45. The standard InChI is InChI=1S/C15H18ClNO4S/c1-21-12-4-2-3-11(16)10(12)9-13(18)17-15(14(19)20)5-7-22-8-6-15/h2-4H,5-9H2,1H3,(H,17,18)(H,19,20). The topological polar surface area (TPSA) is 75.6 Å². The quantitative estimate of drug-likeness (QED) is 0.858. The van der Waals surface area contributed by atoms with Crippen molar-refractivity contribution in [3.63, 3.8) is 0 Å². The number of hydrogen-bond donors (Lipinski definition) is 2. The Hall–Kier alpha value is -1.40. The highest BCUT2D eigenvalue weighted by Gasteiger charge is 2.41. The van der Waals surface area contributed by atoms with E-state index in [-0.39, 0.29) is 12.3 Å². The number of methoxy groups -OCH3 is 1. The Labute approximate surface area is 138 Å². The molecule has 1 aliphatic heterocycles. The second-order valence-corrected chi connectivity index (χ2v) is 6.78. The Morgan fingerprint density at radius 1 is 1.41 bits per heavy atom. The lowest BCUT2D eigenvalue weighted by Gasteiger charge is -2.33. The van der Waals surface area contributed by atoms with Gasteiger partial charge in [0, 0.05) is 10.6 Å². The highest BCUT2D eigenvalue weighted by Crippen LogP contribution is 2.29. The fourth-order valence-corrected chi connectivity index (χ4v) is 3.91. The number of carboxylic acid groups (broad SMARTS) is 1. The van der Waals surface area contributed by atoms with Crippen LogP contribution < -0.4 is 10.1 Å². The van der Waals surface area contributed by atoms with Gasteiger partial charge >= 0.3 is 5.97 Å². The molecule has 1 saturated heterocycles. The number of amides is 1. The first-order chi connectivity index (χ1) is 10.5. The van der Waals surface area contributed by atoms with E-state index in [2.05, 4.69) is 5.32 Å². The molecule has 0 aromatic heterocycles. The summed E-state index contributed by atoms with van der Waals surface area (Å²) in [4.78, 5) is 23.9. The molecule has 1 fully saturated rings. The molecule has 0 bridgehead atoms. The molecule has 0 aliphatic carbocycles. The maximum absolute atomic E-state index is 12.3.